The molecule has 2 aromatic rings. The Morgan fingerprint density at radius 2 is 2.05 bits per heavy atom. The Morgan fingerprint density at radius 1 is 1.38 bits per heavy atom. The van der Waals surface area contributed by atoms with E-state index in [0.717, 1.165) is 15.4 Å². The summed E-state index contributed by atoms with van der Waals surface area (Å²) in [5, 5.41) is 9.76. The Kier molecular flexibility index (Phi) is 4.71. The van der Waals surface area contributed by atoms with E-state index in [-0.39, 0.29) is 5.92 Å². The van der Waals surface area contributed by atoms with Crippen LogP contribution in [0.5, 0.6) is 0 Å². The molecule has 0 radical (unpaired) electrons. The predicted molar refractivity (Wildman–Crippen MR) is 82.3 cm³/mol. The summed E-state index contributed by atoms with van der Waals surface area (Å²) in [5.41, 5.74) is 1.82. The number of carbonyl (C=O) groups excluding carboxylic acids is 1. The normalized spacial score (nSPS) is 10.4. The van der Waals surface area contributed by atoms with Gasteiger partial charge in [-0.05, 0) is 24.6 Å². The summed E-state index contributed by atoms with van der Waals surface area (Å²) in [7, 11) is 0. The largest absolute Gasteiger partial charge is 0.461 e. The molecular formula is C16H16N2O2S. The molecule has 5 heteroatoms. The maximum absolute atomic E-state index is 12.1. The lowest BCUT2D eigenvalue weighted by atomic mass is 10.1. The van der Waals surface area contributed by atoms with Gasteiger partial charge < -0.3 is 4.74 Å². The van der Waals surface area contributed by atoms with Gasteiger partial charge >= 0.3 is 5.97 Å². The standard InChI is InChI=1S/C16H16N2O2S/c1-4-20-16(19)13-14(21-15(18-13)10(2)3)12-7-5-11(9-17)6-8-12/h5-8,10H,4H2,1-3H3. The highest BCUT2D eigenvalue weighted by Gasteiger charge is 2.21. The Labute approximate surface area is 128 Å². The van der Waals surface area contributed by atoms with Crippen LogP contribution in [-0.2, 0) is 4.74 Å². The van der Waals surface area contributed by atoms with Crippen molar-refractivity contribution < 1.29 is 9.53 Å². The van der Waals surface area contributed by atoms with Crippen LogP contribution in [0.1, 0.15) is 47.7 Å². The van der Waals surface area contributed by atoms with Gasteiger partial charge in [0, 0.05) is 5.92 Å². The fraction of sp³-hybridized carbons (Fsp3) is 0.312. The zero-order valence-corrected chi connectivity index (χ0v) is 13.0. The molecule has 2 rings (SSSR count). The molecule has 0 aliphatic heterocycles. The van der Waals surface area contributed by atoms with E-state index in [9.17, 15) is 4.79 Å². The molecule has 0 spiro atoms. The van der Waals surface area contributed by atoms with Crippen molar-refractivity contribution in [2.24, 2.45) is 0 Å². The minimum absolute atomic E-state index is 0.246. The fourth-order valence-electron chi connectivity index (χ4n) is 1.81. The molecule has 0 unspecified atom stereocenters. The summed E-state index contributed by atoms with van der Waals surface area (Å²) in [5.74, 6) is -0.157. The number of ether oxygens (including phenoxy) is 1. The first-order valence-corrected chi connectivity index (χ1v) is 7.56. The topological polar surface area (TPSA) is 63.0 Å². The third-order valence-corrected chi connectivity index (χ3v) is 4.29. The molecule has 0 fully saturated rings. The molecular weight excluding hydrogens is 284 g/mol. The minimum Gasteiger partial charge on any atom is -0.461 e. The molecule has 0 aliphatic carbocycles. The van der Waals surface area contributed by atoms with Crippen LogP contribution in [-0.4, -0.2) is 17.6 Å². The number of esters is 1. The van der Waals surface area contributed by atoms with Crippen molar-refractivity contribution in [2.75, 3.05) is 6.61 Å². The van der Waals surface area contributed by atoms with E-state index < -0.39 is 5.97 Å². The van der Waals surface area contributed by atoms with Gasteiger partial charge in [0.1, 0.15) is 0 Å². The molecule has 0 atom stereocenters. The maximum Gasteiger partial charge on any atom is 0.358 e. The molecule has 0 bridgehead atoms. The molecule has 108 valence electrons. The van der Waals surface area contributed by atoms with Crippen LogP contribution < -0.4 is 0 Å². The number of aromatic nitrogens is 1. The predicted octanol–water partition coefficient (Wildman–Crippen LogP) is 3.98. The lowest BCUT2D eigenvalue weighted by molar-refractivity contribution is 0.0521. The van der Waals surface area contributed by atoms with Gasteiger partial charge in [-0.3, -0.25) is 0 Å². The molecule has 0 saturated carbocycles. The Bertz CT molecular complexity index is 681. The number of nitrogens with zero attached hydrogens (tertiary/aromatic N) is 2. The van der Waals surface area contributed by atoms with Crippen molar-refractivity contribution in [1.82, 2.24) is 4.98 Å². The number of thiazole rings is 1. The molecule has 0 aliphatic rings. The van der Waals surface area contributed by atoms with E-state index in [2.05, 4.69) is 11.1 Å². The summed E-state index contributed by atoms with van der Waals surface area (Å²) < 4.78 is 5.08. The summed E-state index contributed by atoms with van der Waals surface area (Å²) in [6.45, 7) is 6.17. The molecule has 1 aromatic heterocycles. The van der Waals surface area contributed by atoms with Crippen LogP contribution in [0.2, 0.25) is 0 Å². The number of benzene rings is 1. The maximum atomic E-state index is 12.1. The number of rotatable bonds is 4. The van der Waals surface area contributed by atoms with Gasteiger partial charge in [-0.1, -0.05) is 26.0 Å². The Morgan fingerprint density at radius 3 is 2.57 bits per heavy atom. The summed E-state index contributed by atoms with van der Waals surface area (Å²) in [6.07, 6.45) is 0. The molecule has 21 heavy (non-hydrogen) atoms. The van der Waals surface area contributed by atoms with Crippen molar-refractivity contribution in [1.29, 1.82) is 5.26 Å². The second-order valence-corrected chi connectivity index (χ2v) is 5.82. The number of hydrogen-bond donors (Lipinski definition) is 0. The number of carbonyl (C=O) groups is 1. The van der Waals surface area contributed by atoms with Crippen molar-refractivity contribution in [3.63, 3.8) is 0 Å². The highest BCUT2D eigenvalue weighted by molar-refractivity contribution is 7.15. The zero-order valence-electron chi connectivity index (χ0n) is 12.2. The van der Waals surface area contributed by atoms with Gasteiger partial charge in [-0.2, -0.15) is 5.26 Å². The van der Waals surface area contributed by atoms with Gasteiger partial charge in [0.25, 0.3) is 0 Å². The van der Waals surface area contributed by atoms with Crippen LogP contribution >= 0.6 is 11.3 Å². The first kappa shape index (κ1) is 15.2. The average molecular weight is 300 g/mol. The van der Waals surface area contributed by atoms with Crippen molar-refractivity contribution in [3.8, 4) is 16.5 Å². The SMILES string of the molecule is CCOC(=O)c1nc(C(C)C)sc1-c1ccc(C#N)cc1. The smallest absolute Gasteiger partial charge is 0.358 e. The van der Waals surface area contributed by atoms with E-state index in [0.29, 0.717) is 17.9 Å². The summed E-state index contributed by atoms with van der Waals surface area (Å²) >= 11 is 1.49. The molecule has 0 amide bonds. The minimum atomic E-state index is -0.403. The van der Waals surface area contributed by atoms with E-state index in [1.165, 1.54) is 11.3 Å². The lowest BCUT2D eigenvalue weighted by Gasteiger charge is -2.02. The van der Waals surface area contributed by atoms with Crippen LogP contribution in [0.3, 0.4) is 0 Å². The van der Waals surface area contributed by atoms with Gasteiger partial charge in [0.15, 0.2) is 5.69 Å². The Hall–Kier alpha value is -2.19. The third-order valence-electron chi connectivity index (χ3n) is 2.88. The molecule has 4 nitrogen and oxygen atoms in total. The van der Waals surface area contributed by atoms with E-state index in [4.69, 9.17) is 10.00 Å². The fourth-order valence-corrected chi connectivity index (χ4v) is 2.87. The molecule has 1 heterocycles. The molecule has 1 aromatic carbocycles. The Balaban J connectivity index is 2.49. The van der Waals surface area contributed by atoms with Crippen LogP contribution in [0.15, 0.2) is 24.3 Å². The first-order valence-electron chi connectivity index (χ1n) is 6.75. The lowest BCUT2D eigenvalue weighted by Crippen LogP contribution is -2.06. The summed E-state index contributed by atoms with van der Waals surface area (Å²) in [4.78, 5) is 17.3. The molecule has 0 N–H and O–H groups in total. The van der Waals surface area contributed by atoms with E-state index in [1.54, 1.807) is 19.1 Å². The second kappa shape index (κ2) is 6.51. The van der Waals surface area contributed by atoms with Gasteiger partial charge in [-0.15, -0.1) is 11.3 Å². The van der Waals surface area contributed by atoms with Crippen molar-refractivity contribution in [3.05, 3.63) is 40.5 Å². The zero-order chi connectivity index (χ0) is 15.4. The first-order chi connectivity index (χ1) is 10.1. The second-order valence-electron chi connectivity index (χ2n) is 4.79. The summed E-state index contributed by atoms with van der Waals surface area (Å²) in [6, 6.07) is 9.22. The molecule has 0 saturated heterocycles. The van der Waals surface area contributed by atoms with Crippen molar-refractivity contribution in [2.45, 2.75) is 26.7 Å². The third kappa shape index (κ3) is 3.29. The number of nitriles is 1. The van der Waals surface area contributed by atoms with Gasteiger partial charge in [0.2, 0.25) is 0 Å². The average Bonchev–Trinajstić information content (AvgIpc) is 2.93. The number of hydrogen-bond acceptors (Lipinski definition) is 5. The van der Waals surface area contributed by atoms with Crippen LogP contribution in [0.25, 0.3) is 10.4 Å². The highest BCUT2D eigenvalue weighted by Crippen LogP contribution is 2.34. The van der Waals surface area contributed by atoms with Crippen LogP contribution in [0.4, 0.5) is 0 Å². The monoisotopic (exact) mass is 300 g/mol. The van der Waals surface area contributed by atoms with Crippen LogP contribution in [0, 0.1) is 11.3 Å². The van der Waals surface area contributed by atoms with E-state index >= 15 is 0 Å². The van der Waals surface area contributed by atoms with E-state index in [1.807, 2.05) is 26.0 Å². The highest BCUT2D eigenvalue weighted by atomic mass is 32.1. The van der Waals surface area contributed by atoms with Crippen molar-refractivity contribution >= 4 is 17.3 Å². The van der Waals surface area contributed by atoms with Gasteiger partial charge in [-0.25, -0.2) is 9.78 Å². The quantitative estimate of drug-likeness (QED) is 0.801. The van der Waals surface area contributed by atoms with Gasteiger partial charge in [0.05, 0.1) is 28.1 Å².